The molecule has 2 heterocycles. The molecule has 3 aliphatic rings. The Hall–Kier alpha value is -2.16. The number of carbonyl (C=O) groups excluding carboxylic acids is 2. The molecule has 3 atom stereocenters. The van der Waals surface area contributed by atoms with E-state index in [1.807, 2.05) is 4.90 Å². The summed E-state index contributed by atoms with van der Waals surface area (Å²) < 4.78 is 28.9. The van der Waals surface area contributed by atoms with Crippen molar-refractivity contribution in [3.05, 3.63) is 41.4 Å². The molecular formula is C27H34ClN3O4S. The third-order valence-corrected chi connectivity index (χ3v) is 9.68. The number of halogens is 1. The van der Waals surface area contributed by atoms with E-state index in [4.69, 9.17) is 11.6 Å². The Morgan fingerprint density at radius 3 is 2.61 bits per heavy atom. The van der Waals surface area contributed by atoms with Crippen LogP contribution in [0.5, 0.6) is 0 Å². The molecule has 1 aliphatic carbocycles. The van der Waals surface area contributed by atoms with E-state index in [0.29, 0.717) is 24.4 Å². The molecule has 0 spiro atoms. The van der Waals surface area contributed by atoms with E-state index in [-0.39, 0.29) is 40.1 Å². The van der Waals surface area contributed by atoms with Crippen molar-refractivity contribution in [2.75, 3.05) is 19.6 Å². The van der Waals surface area contributed by atoms with Gasteiger partial charge in [-0.3, -0.25) is 9.59 Å². The second kappa shape index (κ2) is 8.99. The normalized spacial score (nSPS) is 28.1. The lowest BCUT2D eigenvalue weighted by molar-refractivity contribution is -0.143. The van der Waals surface area contributed by atoms with Gasteiger partial charge in [0.15, 0.2) is 0 Å². The Bertz CT molecular complexity index is 1330. The highest BCUT2D eigenvalue weighted by Crippen LogP contribution is 2.52. The summed E-state index contributed by atoms with van der Waals surface area (Å²) in [5, 5.41) is 2.16. The van der Waals surface area contributed by atoms with Crippen molar-refractivity contribution in [3.63, 3.8) is 0 Å². The Morgan fingerprint density at radius 1 is 1.11 bits per heavy atom. The van der Waals surface area contributed by atoms with E-state index in [1.165, 1.54) is 11.0 Å². The Morgan fingerprint density at radius 2 is 1.83 bits per heavy atom. The van der Waals surface area contributed by atoms with Gasteiger partial charge in [-0.15, -0.1) is 0 Å². The van der Waals surface area contributed by atoms with Gasteiger partial charge in [-0.25, -0.2) is 8.42 Å². The minimum Gasteiger partial charge on any atom is -0.338 e. The summed E-state index contributed by atoms with van der Waals surface area (Å²) in [5.41, 5.74) is 0.323. The first-order chi connectivity index (χ1) is 16.8. The fourth-order valence-electron chi connectivity index (χ4n) is 6.83. The second-order valence-corrected chi connectivity index (χ2v) is 14.1. The Kier molecular flexibility index (Phi) is 6.37. The van der Waals surface area contributed by atoms with E-state index in [0.717, 1.165) is 36.6 Å². The Labute approximate surface area is 218 Å². The number of piperidine rings is 1. The van der Waals surface area contributed by atoms with E-state index < -0.39 is 16.1 Å². The van der Waals surface area contributed by atoms with Gasteiger partial charge in [0.2, 0.25) is 21.8 Å². The minimum atomic E-state index is -3.92. The molecule has 7 nitrogen and oxygen atoms in total. The first-order valence-electron chi connectivity index (χ1n) is 12.6. The van der Waals surface area contributed by atoms with Crippen LogP contribution in [0.2, 0.25) is 5.02 Å². The number of nitrogens with zero attached hydrogens (tertiary/aromatic N) is 2. The van der Waals surface area contributed by atoms with Crippen LogP contribution in [0.15, 0.2) is 41.3 Å². The molecular weight excluding hydrogens is 498 g/mol. The molecule has 0 radical (unpaired) electrons. The molecule has 2 aromatic rings. The zero-order valence-electron chi connectivity index (χ0n) is 21.1. The lowest BCUT2D eigenvalue weighted by Gasteiger charge is -2.39. The number of amides is 2. The number of fused-ring (bicyclic) bond motifs is 3. The van der Waals surface area contributed by atoms with Crippen LogP contribution in [0.4, 0.5) is 0 Å². The van der Waals surface area contributed by atoms with E-state index >= 15 is 0 Å². The van der Waals surface area contributed by atoms with Gasteiger partial charge in [0.05, 0.1) is 11.4 Å². The molecule has 36 heavy (non-hydrogen) atoms. The van der Waals surface area contributed by atoms with Gasteiger partial charge in [0, 0.05) is 24.2 Å². The van der Waals surface area contributed by atoms with Crippen molar-refractivity contribution in [2.24, 2.45) is 10.8 Å². The zero-order valence-corrected chi connectivity index (χ0v) is 22.7. The van der Waals surface area contributed by atoms with Crippen LogP contribution in [0.25, 0.3) is 10.8 Å². The number of nitrogens with one attached hydrogen (secondary N) is 1. The smallest absolute Gasteiger partial charge is 0.242 e. The van der Waals surface area contributed by atoms with Gasteiger partial charge >= 0.3 is 0 Å². The maximum atomic E-state index is 13.3. The van der Waals surface area contributed by atoms with Crippen molar-refractivity contribution < 1.29 is 18.0 Å². The van der Waals surface area contributed by atoms with Crippen LogP contribution in [-0.2, 0) is 19.6 Å². The van der Waals surface area contributed by atoms with Crippen molar-refractivity contribution in [1.82, 2.24) is 14.5 Å². The quantitative estimate of drug-likeness (QED) is 0.626. The molecule has 2 aliphatic heterocycles. The van der Waals surface area contributed by atoms with Crippen molar-refractivity contribution in [3.8, 4) is 0 Å². The van der Waals surface area contributed by atoms with Gasteiger partial charge in [-0.2, -0.15) is 4.72 Å². The van der Waals surface area contributed by atoms with E-state index in [1.54, 1.807) is 30.3 Å². The minimum absolute atomic E-state index is 0.000797. The highest BCUT2D eigenvalue weighted by atomic mass is 35.5. The van der Waals surface area contributed by atoms with Crippen molar-refractivity contribution in [1.29, 1.82) is 0 Å². The SMILES string of the molecule is CC1(C)C[C@@H]2C[C@@](C)(CN2C(=O)CN2CCC[C@H](NS(=O)(=O)c3ccc4cc(Cl)ccc4c3)C2=O)C1. The zero-order chi connectivity index (χ0) is 25.9. The second-order valence-electron chi connectivity index (χ2n) is 12.0. The van der Waals surface area contributed by atoms with Gasteiger partial charge < -0.3 is 9.80 Å². The molecule has 1 saturated carbocycles. The molecule has 194 valence electrons. The van der Waals surface area contributed by atoms with Crippen molar-refractivity contribution in [2.45, 2.75) is 69.9 Å². The highest BCUT2D eigenvalue weighted by Gasteiger charge is 2.51. The number of likely N-dealkylation sites (tertiary alicyclic amines) is 2. The van der Waals surface area contributed by atoms with Crippen LogP contribution in [0, 0.1) is 10.8 Å². The van der Waals surface area contributed by atoms with Crippen LogP contribution >= 0.6 is 11.6 Å². The largest absolute Gasteiger partial charge is 0.338 e. The summed E-state index contributed by atoms with van der Waals surface area (Å²) in [6.07, 6.45) is 4.12. The van der Waals surface area contributed by atoms with Crippen LogP contribution in [0.1, 0.15) is 52.9 Å². The summed E-state index contributed by atoms with van der Waals surface area (Å²) in [7, 11) is -3.92. The predicted molar refractivity (Wildman–Crippen MR) is 140 cm³/mol. The average Bonchev–Trinajstić information content (AvgIpc) is 3.04. The first-order valence-corrected chi connectivity index (χ1v) is 14.5. The highest BCUT2D eigenvalue weighted by molar-refractivity contribution is 7.89. The van der Waals surface area contributed by atoms with Gasteiger partial charge in [-0.1, -0.05) is 44.5 Å². The molecule has 3 fully saturated rings. The number of hydrogen-bond acceptors (Lipinski definition) is 4. The van der Waals surface area contributed by atoms with Crippen LogP contribution < -0.4 is 4.72 Å². The topological polar surface area (TPSA) is 86.8 Å². The number of benzene rings is 2. The standard InChI is InChI=1S/C27H34ClN3O4S/c1-26(2)13-21-14-27(3,16-26)17-31(21)24(32)15-30-10-4-5-23(25(30)33)29-36(34,35)22-9-7-18-11-20(28)8-6-19(18)12-22/h6-9,11-12,21,23,29H,4-5,10,13-17H2,1-3H3/t21-,23+,27-/m1/s1. The molecule has 2 saturated heterocycles. The number of hydrogen-bond donors (Lipinski definition) is 1. The van der Waals surface area contributed by atoms with Crippen molar-refractivity contribution >= 4 is 44.2 Å². The van der Waals surface area contributed by atoms with Gasteiger partial charge in [0.25, 0.3) is 0 Å². The average molecular weight is 532 g/mol. The lowest BCUT2D eigenvalue weighted by atomic mass is 9.65. The molecule has 0 aromatic heterocycles. The summed E-state index contributed by atoms with van der Waals surface area (Å²) in [6, 6.07) is 9.38. The van der Waals surface area contributed by atoms with E-state index in [2.05, 4.69) is 25.5 Å². The maximum absolute atomic E-state index is 13.3. The fourth-order valence-corrected chi connectivity index (χ4v) is 8.27. The molecule has 2 bridgehead atoms. The monoisotopic (exact) mass is 531 g/mol. The van der Waals surface area contributed by atoms with Gasteiger partial charge in [0.1, 0.15) is 6.04 Å². The van der Waals surface area contributed by atoms with Gasteiger partial charge in [-0.05, 0) is 78.0 Å². The molecule has 5 rings (SSSR count). The molecule has 9 heteroatoms. The molecule has 0 unspecified atom stereocenters. The van der Waals surface area contributed by atoms with Crippen LogP contribution in [0.3, 0.4) is 0 Å². The maximum Gasteiger partial charge on any atom is 0.242 e. The summed E-state index contributed by atoms with van der Waals surface area (Å²) in [4.78, 5) is 30.1. The number of sulfonamides is 1. The summed E-state index contributed by atoms with van der Waals surface area (Å²) in [6.45, 7) is 7.97. The lowest BCUT2D eigenvalue weighted by Crippen LogP contribution is -2.55. The summed E-state index contributed by atoms with van der Waals surface area (Å²) in [5.74, 6) is -0.370. The predicted octanol–water partition coefficient (Wildman–Crippen LogP) is 4.19. The molecule has 2 amide bonds. The summed E-state index contributed by atoms with van der Waals surface area (Å²) >= 11 is 6.03. The molecule has 1 N–H and O–H groups in total. The molecule has 2 aromatic carbocycles. The number of carbonyl (C=O) groups is 2. The third-order valence-electron chi connectivity index (χ3n) is 7.97. The first kappa shape index (κ1) is 25.5. The number of rotatable bonds is 5. The Balaban J connectivity index is 1.27. The van der Waals surface area contributed by atoms with Crippen LogP contribution in [-0.4, -0.2) is 61.7 Å². The fraction of sp³-hybridized carbons (Fsp3) is 0.556. The third kappa shape index (κ3) is 5.00. The van der Waals surface area contributed by atoms with E-state index in [9.17, 15) is 18.0 Å².